The van der Waals surface area contributed by atoms with E-state index in [0.717, 1.165) is 46.2 Å². The van der Waals surface area contributed by atoms with Crippen LogP contribution in [0.15, 0.2) is 30.5 Å². The van der Waals surface area contributed by atoms with Crippen LogP contribution in [0.5, 0.6) is 0 Å². The molecular formula is C21H24N6OS. The topological polar surface area (TPSA) is 74.2 Å². The SMILES string of the molecule is Cc1cc(-c2ccc3c(n2)N(C(=O)Nc2nc(C)c(C)s2)CCCN3C)ccn1. The van der Waals surface area contributed by atoms with Gasteiger partial charge < -0.3 is 4.90 Å². The first kappa shape index (κ1) is 19.3. The summed E-state index contributed by atoms with van der Waals surface area (Å²) < 4.78 is 0. The predicted molar refractivity (Wildman–Crippen MR) is 118 cm³/mol. The van der Waals surface area contributed by atoms with Gasteiger partial charge in [0, 0.05) is 42.5 Å². The fourth-order valence-corrected chi connectivity index (χ4v) is 4.18. The third-order valence-electron chi connectivity index (χ3n) is 5.08. The Morgan fingerprint density at radius 1 is 1.14 bits per heavy atom. The van der Waals surface area contributed by atoms with Crippen molar-refractivity contribution in [2.45, 2.75) is 27.2 Å². The molecule has 0 unspecified atom stereocenters. The van der Waals surface area contributed by atoms with Gasteiger partial charge in [-0.2, -0.15) is 0 Å². The van der Waals surface area contributed by atoms with Crippen LogP contribution >= 0.6 is 11.3 Å². The van der Waals surface area contributed by atoms with Crippen molar-refractivity contribution in [3.8, 4) is 11.3 Å². The molecule has 3 aromatic rings. The predicted octanol–water partition coefficient (Wildman–Crippen LogP) is 4.40. The highest BCUT2D eigenvalue weighted by Crippen LogP contribution is 2.33. The zero-order valence-electron chi connectivity index (χ0n) is 17.1. The number of urea groups is 1. The van der Waals surface area contributed by atoms with Gasteiger partial charge in [-0.05, 0) is 51.5 Å². The number of thiazole rings is 1. The minimum absolute atomic E-state index is 0.203. The molecule has 0 saturated heterocycles. The Labute approximate surface area is 174 Å². The van der Waals surface area contributed by atoms with Gasteiger partial charge in [-0.15, -0.1) is 11.3 Å². The number of carbonyl (C=O) groups is 1. The lowest BCUT2D eigenvalue weighted by Crippen LogP contribution is -2.36. The Hall–Kier alpha value is -3.00. The molecule has 1 aliphatic rings. The molecule has 7 nitrogen and oxygen atoms in total. The van der Waals surface area contributed by atoms with E-state index in [9.17, 15) is 4.79 Å². The fourth-order valence-electron chi connectivity index (χ4n) is 3.38. The normalized spacial score (nSPS) is 13.8. The molecule has 4 heterocycles. The monoisotopic (exact) mass is 408 g/mol. The van der Waals surface area contributed by atoms with Gasteiger partial charge in [0.05, 0.1) is 17.1 Å². The zero-order chi connectivity index (χ0) is 20.5. The molecule has 2 amide bonds. The van der Waals surface area contributed by atoms with Crippen LogP contribution in [-0.2, 0) is 0 Å². The maximum Gasteiger partial charge on any atom is 0.329 e. The van der Waals surface area contributed by atoms with Gasteiger partial charge in [0.1, 0.15) is 0 Å². The number of hydrogen-bond donors (Lipinski definition) is 1. The number of rotatable bonds is 2. The van der Waals surface area contributed by atoms with Gasteiger partial charge in [-0.3, -0.25) is 15.2 Å². The van der Waals surface area contributed by atoms with Crippen molar-refractivity contribution in [2.75, 3.05) is 35.3 Å². The van der Waals surface area contributed by atoms with Gasteiger partial charge in [0.15, 0.2) is 10.9 Å². The minimum atomic E-state index is -0.203. The average Bonchev–Trinajstić information content (AvgIpc) is 2.91. The number of aryl methyl sites for hydroxylation is 3. The Bertz CT molecular complexity index is 1040. The molecule has 0 aliphatic carbocycles. The molecule has 1 aliphatic heterocycles. The van der Waals surface area contributed by atoms with Crippen LogP contribution in [0.25, 0.3) is 11.3 Å². The van der Waals surface area contributed by atoms with E-state index in [2.05, 4.69) is 20.2 Å². The van der Waals surface area contributed by atoms with Crippen molar-refractivity contribution >= 4 is 34.0 Å². The summed E-state index contributed by atoms with van der Waals surface area (Å²) in [5.41, 5.74) is 4.62. The lowest BCUT2D eigenvalue weighted by Gasteiger charge is -2.23. The summed E-state index contributed by atoms with van der Waals surface area (Å²) >= 11 is 1.49. The first-order chi connectivity index (χ1) is 13.9. The molecule has 8 heteroatoms. The fraction of sp³-hybridized carbons (Fsp3) is 0.333. The maximum absolute atomic E-state index is 13.1. The van der Waals surface area contributed by atoms with Crippen LogP contribution in [0.3, 0.4) is 0 Å². The average molecular weight is 409 g/mol. The van der Waals surface area contributed by atoms with Gasteiger partial charge in [0.25, 0.3) is 0 Å². The standard InChI is InChI=1S/C21H24N6OS/c1-13-12-16(8-9-22-13)17-6-7-18-19(24-17)27(11-5-10-26(18)4)21(28)25-20-23-14(2)15(3)29-20/h6-9,12H,5,10-11H2,1-4H3,(H,23,25,28). The van der Waals surface area contributed by atoms with Gasteiger partial charge in [-0.1, -0.05) is 0 Å². The molecule has 0 fully saturated rings. The van der Waals surface area contributed by atoms with E-state index in [0.29, 0.717) is 17.5 Å². The van der Waals surface area contributed by atoms with E-state index >= 15 is 0 Å². The van der Waals surface area contributed by atoms with Crippen molar-refractivity contribution in [2.24, 2.45) is 0 Å². The summed E-state index contributed by atoms with van der Waals surface area (Å²) in [6, 6.07) is 7.77. The smallest absolute Gasteiger partial charge is 0.329 e. The summed E-state index contributed by atoms with van der Waals surface area (Å²) in [6.07, 6.45) is 2.64. The first-order valence-electron chi connectivity index (χ1n) is 9.60. The summed E-state index contributed by atoms with van der Waals surface area (Å²) in [6.45, 7) is 7.37. The summed E-state index contributed by atoms with van der Waals surface area (Å²) in [4.78, 5) is 31.7. The Morgan fingerprint density at radius 2 is 1.97 bits per heavy atom. The molecule has 0 saturated carbocycles. The number of nitrogens with zero attached hydrogens (tertiary/aromatic N) is 5. The molecule has 29 heavy (non-hydrogen) atoms. The number of nitrogens with one attached hydrogen (secondary N) is 1. The Kier molecular flexibility index (Phi) is 5.19. The van der Waals surface area contributed by atoms with Crippen molar-refractivity contribution in [1.29, 1.82) is 0 Å². The van der Waals surface area contributed by atoms with Gasteiger partial charge in [0.2, 0.25) is 0 Å². The van der Waals surface area contributed by atoms with Crippen LogP contribution < -0.4 is 15.1 Å². The molecule has 0 spiro atoms. The summed E-state index contributed by atoms with van der Waals surface area (Å²) in [7, 11) is 2.03. The van der Waals surface area contributed by atoms with Gasteiger partial charge in [-0.25, -0.2) is 14.8 Å². The van der Waals surface area contributed by atoms with Crippen LogP contribution in [0.4, 0.5) is 21.4 Å². The number of anilines is 3. The molecule has 150 valence electrons. The first-order valence-corrected chi connectivity index (χ1v) is 10.4. The quantitative estimate of drug-likeness (QED) is 0.680. The summed E-state index contributed by atoms with van der Waals surface area (Å²) in [5.74, 6) is 0.666. The number of fused-ring (bicyclic) bond motifs is 1. The molecular weight excluding hydrogens is 384 g/mol. The minimum Gasteiger partial charge on any atom is -0.372 e. The highest BCUT2D eigenvalue weighted by atomic mass is 32.1. The lowest BCUT2D eigenvalue weighted by atomic mass is 10.1. The van der Waals surface area contributed by atoms with Crippen molar-refractivity contribution in [1.82, 2.24) is 15.0 Å². The maximum atomic E-state index is 13.1. The number of hydrogen-bond acceptors (Lipinski definition) is 6. The van der Waals surface area contributed by atoms with Crippen LogP contribution in [0.1, 0.15) is 22.7 Å². The molecule has 0 bridgehead atoms. The van der Waals surface area contributed by atoms with E-state index in [1.54, 1.807) is 11.1 Å². The highest BCUT2D eigenvalue weighted by molar-refractivity contribution is 7.15. The van der Waals surface area contributed by atoms with Crippen LogP contribution in [0, 0.1) is 20.8 Å². The van der Waals surface area contributed by atoms with E-state index in [1.165, 1.54) is 11.3 Å². The van der Waals surface area contributed by atoms with E-state index in [4.69, 9.17) is 4.98 Å². The molecule has 0 aromatic carbocycles. The van der Waals surface area contributed by atoms with E-state index < -0.39 is 0 Å². The number of carbonyl (C=O) groups excluding carboxylic acids is 1. The molecule has 4 rings (SSSR count). The van der Waals surface area contributed by atoms with Gasteiger partial charge >= 0.3 is 6.03 Å². The third-order valence-corrected chi connectivity index (χ3v) is 6.06. The summed E-state index contributed by atoms with van der Waals surface area (Å²) in [5, 5.41) is 3.57. The number of aromatic nitrogens is 3. The largest absolute Gasteiger partial charge is 0.372 e. The second-order valence-electron chi connectivity index (χ2n) is 7.24. The second-order valence-corrected chi connectivity index (χ2v) is 8.45. The van der Waals surface area contributed by atoms with Crippen molar-refractivity contribution in [3.63, 3.8) is 0 Å². The van der Waals surface area contributed by atoms with E-state index in [-0.39, 0.29) is 6.03 Å². The zero-order valence-corrected chi connectivity index (χ0v) is 17.9. The molecule has 0 atom stereocenters. The van der Waals surface area contributed by atoms with Crippen molar-refractivity contribution < 1.29 is 4.79 Å². The molecule has 0 radical (unpaired) electrons. The van der Waals surface area contributed by atoms with Crippen LogP contribution in [-0.4, -0.2) is 41.1 Å². The van der Waals surface area contributed by atoms with Crippen LogP contribution in [0.2, 0.25) is 0 Å². The van der Waals surface area contributed by atoms with Crippen molar-refractivity contribution in [3.05, 3.63) is 46.7 Å². The Balaban J connectivity index is 1.71. The Morgan fingerprint density at radius 3 is 2.69 bits per heavy atom. The number of pyridine rings is 2. The molecule has 1 N–H and O–H groups in total. The highest BCUT2D eigenvalue weighted by Gasteiger charge is 2.26. The lowest BCUT2D eigenvalue weighted by molar-refractivity contribution is 0.257. The second kappa shape index (κ2) is 7.79. The molecule has 3 aromatic heterocycles. The third kappa shape index (κ3) is 3.93. The number of amides is 2. The van der Waals surface area contributed by atoms with E-state index in [1.807, 2.05) is 52.1 Å².